The number of nitrogen functional groups attached to an aromatic ring is 1. The van der Waals surface area contributed by atoms with Gasteiger partial charge in [0.05, 0.1) is 12.7 Å². The zero-order chi connectivity index (χ0) is 13.7. The first-order valence-corrected chi connectivity index (χ1v) is 5.76. The minimum atomic E-state index is -0.240. The van der Waals surface area contributed by atoms with Crippen LogP contribution in [0, 0.1) is 0 Å². The smallest absolute Gasteiger partial charge is 0.253 e. The molecule has 1 amide bonds. The molecule has 0 bridgehead atoms. The predicted molar refractivity (Wildman–Crippen MR) is 69.8 cm³/mol. The number of carbonyl (C=O) groups is 1. The topological polar surface area (TPSA) is 106 Å². The molecule has 0 aliphatic carbocycles. The Balaban J connectivity index is 1.95. The summed E-state index contributed by atoms with van der Waals surface area (Å²) in [6.45, 7) is 0.449. The number of hydrogen-bond donors (Lipinski definition) is 3. The highest BCUT2D eigenvalue weighted by Crippen LogP contribution is 2.19. The second-order valence-corrected chi connectivity index (χ2v) is 3.89. The minimum absolute atomic E-state index is 0.240. The Labute approximate surface area is 110 Å². The summed E-state index contributed by atoms with van der Waals surface area (Å²) in [6.07, 6.45) is 2.01. The van der Waals surface area contributed by atoms with E-state index in [1.165, 1.54) is 13.4 Å². The molecular formula is C12H15N5O2. The standard InChI is InChI=1S/C12H15N5O2/c1-19-8-2-3-10(13)9(6-8)12(18)14-5-4-11-15-7-16-17-11/h2-3,6-7H,4-5,13H2,1H3,(H,14,18)(H,15,16,17). The number of ether oxygens (including phenoxy) is 1. The molecule has 4 N–H and O–H groups in total. The van der Waals surface area contributed by atoms with E-state index in [1.807, 2.05) is 0 Å². The number of anilines is 1. The molecule has 7 nitrogen and oxygen atoms in total. The van der Waals surface area contributed by atoms with Crippen LogP contribution >= 0.6 is 0 Å². The highest BCUT2D eigenvalue weighted by Gasteiger charge is 2.10. The van der Waals surface area contributed by atoms with Gasteiger partial charge in [0.15, 0.2) is 0 Å². The van der Waals surface area contributed by atoms with Crippen molar-refractivity contribution in [1.82, 2.24) is 20.5 Å². The lowest BCUT2D eigenvalue weighted by molar-refractivity contribution is 0.0954. The molecule has 19 heavy (non-hydrogen) atoms. The van der Waals surface area contributed by atoms with Gasteiger partial charge in [-0.05, 0) is 18.2 Å². The SMILES string of the molecule is COc1ccc(N)c(C(=O)NCCc2ncn[nH]2)c1. The van der Waals surface area contributed by atoms with Crippen LogP contribution in [0.2, 0.25) is 0 Å². The molecule has 1 heterocycles. The van der Waals surface area contributed by atoms with Crippen LogP contribution in [0.4, 0.5) is 5.69 Å². The quantitative estimate of drug-likeness (QED) is 0.674. The Morgan fingerprint density at radius 2 is 2.37 bits per heavy atom. The zero-order valence-corrected chi connectivity index (χ0v) is 10.5. The van der Waals surface area contributed by atoms with E-state index < -0.39 is 0 Å². The fraction of sp³-hybridized carbons (Fsp3) is 0.250. The fourth-order valence-corrected chi connectivity index (χ4v) is 1.60. The summed E-state index contributed by atoms with van der Waals surface area (Å²) >= 11 is 0. The van der Waals surface area contributed by atoms with Crippen molar-refractivity contribution < 1.29 is 9.53 Å². The Morgan fingerprint density at radius 1 is 1.53 bits per heavy atom. The van der Waals surface area contributed by atoms with Crippen molar-refractivity contribution in [3.63, 3.8) is 0 Å². The maximum absolute atomic E-state index is 12.0. The van der Waals surface area contributed by atoms with Crippen molar-refractivity contribution in [3.8, 4) is 5.75 Å². The first-order valence-electron chi connectivity index (χ1n) is 5.76. The summed E-state index contributed by atoms with van der Waals surface area (Å²) < 4.78 is 5.06. The number of nitrogens with two attached hydrogens (primary N) is 1. The van der Waals surface area contributed by atoms with Crippen LogP contribution in [-0.4, -0.2) is 34.7 Å². The van der Waals surface area contributed by atoms with E-state index in [4.69, 9.17) is 10.5 Å². The fourth-order valence-electron chi connectivity index (χ4n) is 1.60. The molecule has 0 spiro atoms. The molecule has 1 aromatic heterocycles. The van der Waals surface area contributed by atoms with Gasteiger partial charge in [-0.1, -0.05) is 0 Å². The van der Waals surface area contributed by atoms with Gasteiger partial charge in [0.1, 0.15) is 17.9 Å². The van der Waals surface area contributed by atoms with Gasteiger partial charge in [-0.3, -0.25) is 9.89 Å². The number of rotatable bonds is 5. The molecule has 0 saturated heterocycles. The van der Waals surface area contributed by atoms with E-state index in [0.29, 0.717) is 30.0 Å². The normalized spacial score (nSPS) is 10.2. The molecule has 2 rings (SSSR count). The Kier molecular flexibility index (Phi) is 3.97. The van der Waals surface area contributed by atoms with Crippen LogP contribution < -0.4 is 15.8 Å². The summed E-state index contributed by atoms with van der Waals surface area (Å²) in [4.78, 5) is 15.9. The highest BCUT2D eigenvalue weighted by molar-refractivity contribution is 5.99. The lowest BCUT2D eigenvalue weighted by atomic mass is 10.1. The van der Waals surface area contributed by atoms with Crippen molar-refractivity contribution in [2.45, 2.75) is 6.42 Å². The monoisotopic (exact) mass is 261 g/mol. The number of carbonyl (C=O) groups excluding carboxylic acids is 1. The number of aromatic nitrogens is 3. The first kappa shape index (κ1) is 12.9. The van der Waals surface area contributed by atoms with Gasteiger partial charge in [0, 0.05) is 18.7 Å². The summed E-state index contributed by atoms with van der Waals surface area (Å²) in [5.74, 6) is 1.07. The third-order valence-corrected chi connectivity index (χ3v) is 2.62. The van der Waals surface area contributed by atoms with Crippen LogP contribution in [0.25, 0.3) is 0 Å². The van der Waals surface area contributed by atoms with E-state index >= 15 is 0 Å². The number of aromatic amines is 1. The summed E-state index contributed by atoms with van der Waals surface area (Å²) in [5, 5.41) is 9.22. The number of hydrogen-bond acceptors (Lipinski definition) is 5. The second kappa shape index (κ2) is 5.85. The third-order valence-electron chi connectivity index (χ3n) is 2.62. The molecule has 0 radical (unpaired) electrons. The van der Waals surface area contributed by atoms with Crippen LogP contribution in [0.3, 0.4) is 0 Å². The maximum Gasteiger partial charge on any atom is 0.253 e. The van der Waals surface area contributed by atoms with Crippen molar-refractivity contribution >= 4 is 11.6 Å². The number of H-pyrrole nitrogens is 1. The van der Waals surface area contributed by atoms with Crippen LogP contribution in [0.5, 0.6) is 5.75 Å². The molecule has 100 valence electrons. The number of benzene rings is 1. The van der Waals surface area contributed by atoms with Crippen molar-refractivity contribution in [2.24, 2.45) is 0 Å². The molecule has 0 aliphatic rings. The number of nitrogens with zero attached hydrogens (tertiary/aromatic N) is 2. The maximum atomic E-state index is 12.0. The molecule has 0 fully saturated rings. The number of amides is 1. The van der Waals surface area contributed by atoms with E-state index in [1.54, 1.807) is 18.2 Å². The summed E-state index contributed by atoms with van der Waals surface area (Å²) in [6, 6.07) is 4.96. The molecule has 2 aromatic rings. The molecular weight excluding hydrogens is 246 g/mol. The van der Waals surface area contributed by atoms with Gasteiger partial charge in [0.25, 0.3) is 5.91 Å². The predicted octanol–water partition coefficient (Wildman–Crippen LogP) is 0.368. The molecule has 7 heteroatoms. The van der Waals surface area contributed by atoms with Gasteiger partial charge >= 0.3 is 0 Å². The van der Waals surface area contributed by atoms with Gasteiger partial charge < -0.3 is 15.8 Å². The van der Waals surface area contributed by atoms with Crippen LogP contribution in [0.1, 0.15) is 16.2 Å². The van der Waals surface area contributed by atoms with Crippen molar-refractivity contribution in [1.29, 1.82) is 0 Å². The Bertz CT molecular complexity index is 553. The first-order chi connectivity index (χ1) is 9.20. The van der Waals surface area contributed by atoms with Gasteiger partial charge in [0.2, 0.25) is 0 Å². The summed E-state index contributed by atoms with van der Waals surface area (Å²) in [5.41, 5.74) is 6.58. The van der Waals surface area contributed by atoms with Gasteiger partial charge in [-0.2, -0.15) is 5.10 Å². The zero-order valence-electron chi connectivity index (χ0n) is 10.5. The van der Waals surface area contributed by atoms with Gasteiger partial charge in [-0.15, -0.1) is 0 Å². The molecule has 0 atom stereocenters. The number of nitrogens with one attached hydrogen (secondary N) is 2. The molecule has 0 unspecified atom stereocenters. The summed E-state index contributed by atoms with van der Waals surface area (Å²) in [7, 11) is 1.54. The van der Waals surface area contributed by atoms with Crippen LogP contribution in [0.15, 0.2) is 24.5 Å². The number of methoxy groups -OCH3 is 1. The van der Waals surface area contributed by atoms with Crippen molar-refractivity contribution in [2.75, 3.05) is 19.4 Å². The highest BCUT2D eigenvalue weighted by atomic mass is 16.5. The minimum Gasteiger partial charge on any atom is -0.497 e. The second-order valence-electron chi connectivity index (χ2n) is 3.89. The Hall–Kier alpha value is -2.57. The average molecular weight is 261 g/mol. The average Bonchev–Trinajstić information content (AvgIpc) is 2.92. The third kappa shape index (κ3) is 3.21. The Morgan fingerprint density at radius 3 is 3.05 bits per heavy atom. The molecule has 0 aliphatic heterocycles. The van der Waals surface area contributed by atoms with E-state index in [-0.39, 0.29) is 5.91 Å². The lowest BCUT2D eigenvalue weighted by Gasteiger charge is -2.08. The van der Waals surface area contributed by atoms with E-state index in [9.17, 15) is 4.79 Å². The van der Waals surface area contributed by atoms with Crippen LogP contribution in [-0.2, 0) is 6.42 Å². The largest absolute Gasteiger partial charge is 0.497 e. The molecule has 1 aromatic carbocycles. The van der Waals surface area contributed by atoms with E-state index in [0.717, 1.165) is 5.82 Å². The lowest BCUT2D eigenvalue weighted by Crippen LogP contribution is -2.26. The molecule has 0 saturated carbocycles. The van der Waals surface area contributed by atoms with Crippen molar-refractivity contribution in [3.05, 3.63) is 35.9 Å². The van der Waals surface area contributed by atoms with E-state index in [2.05, 4.69) is 20.5 Å². The van der Waals surface area contributed by atoms with Gasteiger partial charge in [-0.25, -0.2) is 4.98 Å².